The van der Waals surface area contributed by atoms with Crippen molar-refractivity contribution in [2.75, 3.05) is 0 Å². The van der Waals surface area contributed by atoms with Crippen molar-refractivity contribution in [2.24, 2.45) is 0 Å². The first kappa shape index (κ1) is 21.0. The molecule has 23 heavy (non-hydrogen) atoms. The normalized spacial score (nSPS) is 13.3. The Morgan fingerprint density at radius 2 is 0.783 bits per heavy atom. The average Bonchev–Trinajstić information content (AvgIpc) is 2.23. The lowest BCUT2D eigenvalue weighted by Crippen LogP contribution is -2.53. The monoisotopic (exact) mass is 382 g/mol. The average molecular weight is 382 g/mol. The van der Waals surface area contributed by atoms with Crippen LogP contribution in [0.15, 0.2) is 0 Å². The second-order valence-corrected chi connectivity index (χ2v) is 5.86. The third-order valence-corrected chi connectivity index (χ3v) is 3.20. The summed E-state index contributed by atoms with van der Waals surface area (Å²) in [6, 6.07) is 0. The topological polar surface area (TPSA) is 78.9 Å². The molecule has 134 valence electrons. The van der Waals surface area contributed by atoms with Gasteiger partial charge in [0.15, 0.2) is 0 Å². The fourth-order valence-corrected chi connectivity index (χ4v) is 2.22. The number of hydrogen-bond acceptors (Lipinski definition) is 6. The highest BCUT2D eigenvalue weighted by Crippen LogP contribution is 2.27. The summed E-state index contributed by atoms with van der Waals surface area (Å²) in [6.45, 7) is -0.121. The van der Waals surface area contributed by atoms with Crippen molar-refractivity contribution in [1.82, 2.24) is 0 Å². The second kappa shape index (κ2) is 6.24. The molecular formula is C7H3F9O6Si. The van der Waals surface area contributed by atoms with Gasteiger partial charge in [-0.3, -0.25) is 0 Å². The predicted octanol–water partition coefficient (Wildman–Crippen LogP) is 1.87. The minimum atomic E-state index is -5.98. The third kappa shape index (κ3) is 6.74. The molecule has 16 heteroatoms. The second-order valence-electron chi connectivity index (χ2n) is 3.52. The molecule has 0 aliphatic rings. The Morgan fingerprint density at radius 1 is 0.609 bits per heavy atom. The summed E-state index contributed by atoms with van der Waals surface area (Å²) >= 11 is 0. The maximum absolute atomic E-state index is 11.9. The van der Waals surface area contributed by atoms with E-state index >= 15 is 0 Å². The third-order valence-electron chi connectivity index (χ3n) is 1.53. The van der Waals surface area contributed by atoms with E-state index in [0.29, 0.717) is 0 Å². The maximum atomic E-state index is 11.9. The van der Waals surface area contributed by atoms with Crippen LogP contribution in [0.5, 0.6) is 0 Å². The Labute approximate surface area is 120 Å². The summed E-state index contributed by atoms with van der Waals surface area (Å²) in [5.41, 5.74) is 0. The predicted molar refractivity (Wildman–Crippen MR) is 48.1 cm³/mol. The van der Waals surface area contributed by atoms with Crippen LogP contribution in [0.1, 0.15) is 0 Å². The summed E-state index contributed by atoms with van der Waals surface area (Å²) in [5.74, 6) is -9.97. The first-order valence-corrected chi connectivity index (χ1v) is 7.01. The van der Waals surface area contributed by atoms with Gasteiger partial charge < -0.3 is 13.3 Å². The summed E-state index contributed by atoms with van der Waals surface area (Å²) < 4.78 is 117. The first-order valence-electron chi connectivity index (χ1n) is 4.79. The molecule has 6 nitrogen and oxygen atoms in total. The van der Waals surface area contributed by atoms with Crippen LogP contribution in [-0.2, 0) is 27.7 Å². The van der Waals surface area contributed by atoms with E-state index in [4.69, 9.17) is 0 Å². The van der Waals surface area contributed by atoms with Crippen LogP contribution in [-0.4, -0.2) is 45.2 Å². The van der Waals surface area contributed by atoms with Gasteiger partial charge in [-0.2, -0.15) is 39.5 Å². The number of rotatable bonds is 3. The molecule has 0 N–H and O–H groups in total. The highest BCUT2D eigenvalue weighted by Gasteiger charge is 2.59. The van der Waals surface area contributed by atoms with Crippen LogP contribution in [0, 0.1) is 0 Å². The molecule has 0 heterocycles. The molecule has 0 atom stereocenters. The molecule has 0 unspecified atom stereocenters. The highest BCUT2D eigenvalue weighted by molar-refractivity contribution is 6.64. The van der Waals surface area contributed by atoms with Gasteiger partial charge in [0.1, 0.15) is 0 Å². The van der Waals surface area contributed by atoms with Crippen LogP contribution in [0.2, 0.25) is 6.55 Å². The Bertz CT molecular complexity index is 423. The molecule has 0 fully saturated rings. The van der Waals surface area contributed by atoms with E-state index in [1.54, 1.807) is 0 Å². The van der Waals surface area contributed by atoms with E-state index in [0.717, 1.165) is 0 Å². The summed E-state index contributed by atoms with van der Waals surface area (Å²) in [4.78, 5) is 31.5. The van der Waals surface area contributed by atoms with Crippen molar-refractivity contribution in [3.63, 3.8) is 0 Å². The molecule has 0 amide bonds. The van der Waals surface area contributed by atoms with E-state index in [-0.39, 0.29) is 6.55 Å². The standard InChI is InChI=1S/C7H3F9O6Si/c1-23(20-2(17)5(8,9)10,21-3(18)6(11,12)13)22-4(19)7(14,15)16/h1H3. The lowest BCUT2D eigenvalue weighted by atomic mass is 10.7. The van der Waals surface area contributed by atoms with Gasteiger partial charge in [0.25, 0.3) is 0 Å². The zero-order chi connectivity index (χ0) is 18.9. The van der Waals surface area contributed by atoms with Gasteiger partial charge in [0, 0.05) is 6.55 Å². The Balaban J connectivity index is 5.48. The smallest absolute Gasteiger partial charge is 0.448 e. The number of carbonyl (C=O) groups excluding carboxylic acids is 3. The molecule has 0 rings (SSSR count). The van der Waals surface area contributed by atoms with Crippen molar-refractivity contribution >= 4 is 26.7 Å². The minimum Gasteiger partial charge on any atom is -0.448 e. The van der Waals surface area contributed by atoms with E-state index < -0.39 is 45.2 Å². The number of carbonyl (C=O) groups is 3. The van der Waals surface area contributed by atoms with Crippen molar-refractivity contribution in [3.8, 4) is 0 Å². The number of hydrogen-bond donors (Lipinski definition) is 0. The van der Waals surface area contributed by atoms with Crippen molar-refractivity contribution in [1.29, 1.82) is 0 Å². The van der Waals surface area contributed by atoms with E-state index in [2.05, 4.69) is 13.3 Å². The Kier molecular flexibility index (Phi) is 5.70. The number of alkyl halides is 9. The molecule has 0 radical (unpaired) electrons. The molecule has 0 saturated carbocycles. The zero-order valence-electron chi connectivity index (χ0n) is 10.4. The van der Waals surface area contributed by atoms with Crippen LogP contribution in [0.3, 0.4) is 0 Å². The number of halogens is 9. The van der Waals surface area contributed by atoms with E-state index in [1.807, 2.05) is 0 Å². The molecule has 0 aromatic rings. The maximum Gasteiger partial charge on any atom is 0.702 e. The lowest BCUT2D eigenvalue weighted by Gasteiger charge is -2.25. The molecule has 0 aromatic carbocycles. The minimum absolute atomic E-state index is 0.121. The van der Waals surface area contributed by atoms with Crippen LogP contribution in [0.25, 0.3) is 0 Å². The molecule has 0 bridgehead atoms. The quantitative estimate of drug-likeness (QED) is 0.548. The van der Waals surface area contributed by atoms with Gasteiger partial charge >= 0.3 is 45.2 Å². The summed E-state index contributed by atoms with van der Waals surface area (Å²) in [7, 11) is -5.98. The first-order chi connectivity index (χ1) is 9.88. The SMILES string of the molecule is C[Si](OC(=O)C(F)(F)F)(OC(=O)C(F)(F)F)OC(=O)C(F)(F)F. The van der Waals surface area contributed by atoms with E-state index in [9.17, 15) is 53.9 Å². The molecule has 0 aromatic heterocycles. The van der Waals surface area contributed by atoms with E-state index in [1.165, 1.54) is 0 Å². The van der Waals surface area contributed by atoms with Crippen molar-refractivity contribution in [2.45, 2.75) is 25.1 Å². The van der Waals surface area contributed by atoms with Crippen molar-refractivity contribution < 1.29 is 67.2 Å². The van der Waals surface area contributed by atoms with Gasteiger partial charge in [-0.1, -0.05) is 0 Å². The Hall–Kier alpha value is -2.00. The highest BCUT2D eigenvalue weighted by atomic mass is 28.4. The molecule has 0 aliphatic carbocycles. The Morgan fingerprint density at radius 3 is 0.913 bits per heavy atom. The largest absolute Gasteiger partial charge is 0.702 e. The van der Waals surface area contributed by atoms with Gasteiger partial charge in [-0.15, -0.1) is 0 Å². The molecule has 0 saturated heterocycles. The van der Waals surface area contributed by atoms with Crippen molar-refractivity contribution in [3.05, 3.63) is 0 Å². The molecular weight excluding hydrogens is 379 g/mol. The summed E-state index contributed by atoms with van der Waals surface area (Å²) in [6.07, 6.45) is -17.6. The van der Waals surface area contributed by atoms with Crippen LogP contribution < -0.4 is 0 Å². The summed E-state index contributed by atoms with van der Waals surface area (Å²) in [5, 5.41) is 0. The van der Waals surface area contributed by atoms with Crippen LogP contribution in [0.4, 0.5) is 39.5 Å². The fourth-order valence-electron chi connectivity index (χ4n) is 0.741. The molecule has 0 spiro atoms. The zero-order valence-corrected chi connectivity index (χ0v) is 11.4. The van der Waals surface area contributed by atoms with Crippen LogP contribution >= 0.6 is 0 Å². The van der Waals surface area contributed by atoms with Gasteiger partial charge in [0.05, 0.1) is 0 Å². The van der Waals surface area contributed by atoms with Gasteiger partial charge in [-0.25, -0.2) is 14.4 Å². The molecule has 0 aliphatic heterocycles. The van der Waals surface area contributed by atoms with Gasteiger partial charge in [-0.05, 0) is 0 Å². The fraction of sp³-hybridized carbons (Fsp3) is 0.571. The lowest BCUT2D eigenvalue weighted by molar-refractivity contribution is -0.209. The van der Waals surface area contributed by atoms with Gasteiger partial charge in [0.2, 0.25) is 0 Å².